The molecule has 1 heteroatoms. The van der Waals surface area contributed by atoms with Crippen LogP contribution >= 0.6 is 0 Å². The third-order valence-electron chi connectivity index (χ3n) is 7.84. The molecule has 0 amide bonds. The molecule has 3 rings (SSSR count). The van der Waals surface area contributed by atoms with Gasteiger partial charge in [-0.15, -0.1) is 0 Å². The third-order valence-corrected chi connectivity index (χ3v) is 7.84. The van der Waals surface area contributed by atoms with Gasteiger partial charge in [0, 0.05) is 5.92 Å². The second-order valence-corrected chi connectivity index (χ2v) is 10.5. The van der Waals surface area contributed by atoms with E-state index in [1.807, 2.05) is 0 Å². The Labute approximate surface area is 221 Å². The van der Waals surface area contributed by atoms with E-state index in [-0.39, 0.29) is 5.54 Å². The van der Waals surface area contributed by atoms with E-state index in [2.05, 4.69) is 110 Å². The Morgan fingerprint density at radius 2 is 0.917 bits per heavy atom. The van der Waals surface area contributed by atoms with Crippen molar-refractivity contribution in [3.8, 4) is 0 Å². The van der Waals surface area contributed by atoms with Crippen LogP contribution in [0.5, 0.6) is 0 Å². The Balaban J connectivity index is 1.59. The van der Waals surface area contributed by atoms with Crippen LogP contribution in [-0.2, 0) is 5.54 Å². The van der Waals surface area contributed by atoms with Gasteiger partial charge >= 0.3 is 0 Å². The molecule has 0 heterocycles. The van der Waals surface area contributed by atoms with Gasteiger partial charge in [-0.05, 0) is 29.7 Å². The fourth-order valence-electron chi connectivity index (χ4n) is 5.67. The van der Waals surface area contributed by atoms with Crippen molar-refractivity contribution in [3.63, 3.8) is 0 Å². The summed E-state index contributed by atoms with van der Waals surface area (Å²) >= 11 is 0. The largest absolute Gasteiger partial charge is 0.303 e. The minimum atomic E-state index is -0.262. The van der Waals surface area contributed by atoms with Crippen molar-refractivity contribution in [3.05, 3.63) is 108 Å². The van der Waals surface area contributed by atoms with Crippen LogP contribution in [0.1, 0.15) is 114 Å². The van der Waals surface area contributed by atoms with Crippen LogP contribution in [0.2, 0.25) is 0 Å². The van der Waals surface area contributed by atoms with Crippen molar-refractivity contribution >= 4 is 0 Å². The van der Waals surface area contributed by atoms with E-state index in [9.17, 15) is 0 Å². The second-order valence-electron chi connectivity index (χ2n) is 10.5. The zero-order valence-electron chi connectivity index (χ0n) is 22.9. The molecule has 0 spiro atoms. The van der Waals surface area contributed by atoms with Crippen LogP contribution in [0.3, 0.4) is 0 Å². The van der Waals surface area contributed by atoms with Gasteiger partial charge in [-0.3, -0.25) is 0 Å². The zero-order valence-corrected chi connectivity index (χ0v) is 22.9. The first-order valence-electron chi connectivity index (χ1n) is 14.7. The lowest BCUT2D eigenvalue weighted by atomic mass is 9.71. The van der Waals surface area contributed by atoms with Gasteiger partial charge in [0.2, 0.25) is 0 Å². The SMILES string of the molecule is CCCCCCCCCCCCCCNC(c1ccccc1)(c1ccccc1)C(C)c1ccccc1. The summed E-state index contributed by atoms with van der Waals surface area (Å²) in [5, 5.41) is 4.10. The average molecular weight is 484 g/mol. The predicted molar refractivity (Wildman–Crippen MR) is 158 cm³/mol. The van der Waals surface area contributed by atoms with Gasteiger partial charge in [0.15, 0.2) is 0 Å². The number of hydrogen-bond acceptors (Lipinski definition) is 1. The highest BCUT2D eigenvalue weighted by atomic mass is 15.0. The van der Waals surface area contributed by atoms with E-state index >= 15 is 0 Å². The normalized spacial score (nSPS) is 12.5. The van der Waals surface area contributed by atoms with Crippen LogP contribution < -0.4 is 5.32 Å². The number of nitrogens with one attached hydrogen (secondary N) is 1. The maximum atomic E-state index is 4.10. The van der Waals surface area contributed by atoms with Crippen molar-refractivity contribution in [1.29, 1.82) is 0 Å². The molecule has 1 unspecified atom stereocenters. The van der Waals surface area contributed by atoms with Crippen molar-refractivity contribution in [2.24, 2.45) is 0 Å². The summed E-state index contributed by atoms with van der Waals surface area (Å²) in [6.07, 6.45) is 16.6. The highest BCUT2D eigenvalue weighted by Crippen LogP contribution is 2.42. The molecule has 0 fully saturated rings. The van der Waals surface area contributed by atoms with E-state index in [4.69, 9.17) is 0 Å². The first-order valence-corrected chi connectivity index (χ1v) is 14.7. The number of rotatable bonds is 18. The molecule has 0 aromatic heterocycles. The lowest BCUT2D eigenvalue weighted by molar-refractivity contribution is 0.337. The molecule has 0 aliphatic carbocycles. The predicted octanol–water partition coefficient (Wildman–Crippen LogP) is 10.0. The van der Waals surface area contributed by atoms with E-state index < -0.39 is 0 Å². The molecule has 1 N–H and O–H groups in total. The molecular formula is C35H49N. The molecule has 0 bridgehead atoms. The van der Waals surface area contributed by atoms with Crippen LogP contribution in [-0.4, -0.2) is 6.54 Å². The zero-order chi connectivity index (χ0) is 25.3. The van der Waals surface area contributed by atoms with Gasteiger partial charge < -0.3 is 5.32 Å². The van der Waals surface area contributed by atoms with Gasteiger partial charge in [-0.1, -0.05) is 175 Å². The van der Waals surface area contributed by atoms with E-state index in [1.165, 1.54) is 93.7 Å². The fraction of sp³-hybridized carbons (Fsp3) is 0.486. The summed E-state index contributed by atoms with van der Waals surface area (Å²) in [5.74, 6) is 0.292. The summed E-state index contributed by atoms with van der Waals surface area (Å²) in [7, 11) is 0. The maximum absolute atomic E-state index is 4.10. The van der Waals surface area contributed by atoms with Gasteiger partial charge in [-0.25, -0.2) is 0 Å². The van der Waals surface area contributed by atoms with Crippen LogP contribution in [0.15, 0.2) is 91.0 Å². The molecule has 3 aromatic rings. The summed E-state index contributed by atoms with van der Waals surface area (Å²) in [6, 6.07) is 33.1. The molecule has 0 saturated carbocycles. The van der Waals surface area contributed by atoms with Crippen molar-refractivity contribution in [2.75, 3.05) is 6.54 Å². The van der Waals surface area contributed by atoms with Gasteiger partial charge in [0.25, 0.3) is 0 Å². The lowest BCUT2D eigenvalue weighted by Gasteiger charge is -2.42. The standard InChI is InChI=1S/C35H49N/c1-3-4-5-6-7-8-9-10-11-12-13-23-30-36-35(33-26-19-15-20-27-33,34-28-21-16-22-29-34)31(2)32-24-17-14-18-25-32/h14-22,24-29,31,36H,3-13,23,30H2,1-2H3. The minimum absolute atomic E-state index is 0.262. The molecule has 194 valence electrons. The fourth-order valence-corrected chi connectivity index (χ4v) is 5.67. The molecule has 0 aliphatic rings. The van der Waals surface area contributed by atoms with Crippen molar-refractivity contribution in [1.82, 2.24) is 5.32 Å². The number of hydrogen-bond donors (Lipinski definition) is 1. The molecule has 1 nitrogen and oxygen atoms in total. The monoisotopic (exact) mass is 483 g/mol. The highest BCUT2D eigenvalue weighted by Gasteiger charge is 2.39. The average Bonchev–Trinajstić information content (AvgIpc) is 2.94. The first-order chi connectivity index (χ1) is 17.8. The molecule has 0 radical (unpaired) electrons. The smallest absolute Gasteiger partial charge is 0.0757 e. The summed E-state index contributed by atoms with van der Waals surface area (Å²) < 4.78 is 0. The molecule has 0 saturated heterocycles. The Hall–Kier alpha value is -2.38. The van der Waals surface area contributed by atoms with Crippen LogP contribution in [0.25, 0.3) is 0 Å². The molecule has 3 aromatic carbocycles. The Kier molecular flexibility index (Phi) is 12.8. The van der Waals surface area contributed by atoms with E-state index in [0.29, 0.717) is 5.92 Å². The first kappa shape index (κ1) is 28.2. The molecule has 36 heavy (non-hydrogen) atoms. The van der Waals surface area contributed by atoms with Crippen molar-refractivity contribution in [2.45, 2.75) is 102 Å². The Morgan fingerprint density at radius 3 is 1.36 bits per heavy atom. The second kappa shape index (κ2) is 16.4. The number of unbranched alkanes of at least 4 members (excludes halogenated alkanes) is 11. The quantitative estimate of drug-likeness (QED) is 0.177. The Bertz CT molecular complexity index is 879. The maximum Gasteiger partial charge on any atom is 0.0757 e. The van der Waals surface area contributed by atoms with E-state index in [0.717, 1.165) is 6.54 Å². The van der Waals surface area contributed by atoms with Gasteiger partial charge in [0.1, 0.15) is 0 Å². The summed E-state index contributed by atoms with van der Waals surface area (Å²) in [5.41, 5.74) is 3.78. The molecule has 0 aliphatic heterocycles. The molecule has 1 atom stereocenters. The van der Waals surface area contributed by atoms with Crippen LogP contribution in [0.4, 0.5) is 0 Å². The number of benzene rings is 3. The van der Waals surface area contributed by atoms with Crippen molar-refractivity contribution < 1.29 is 0 Å². The highest BCUT2D eigenvalue weighted by molar-refractivity contribution is 5.43. The summed E-state index contributed by atoms with van der Waals surface area (Å²) in [6.45, 7) is 5.70. The minimum Gasteiger partial charge on any atom is -0.303 e. The third kappa shape index (κ3) is 8.34. The molecular weight excluding hydrogens is 434 g/mol. The lowest BCUT2D eigenvalue weighted by Crippen LogP contribution is -2.48. The topological polar surface area (TPSA) is 12.0 Å². The van der Waals surface area contributed by atoms with Gasteiger partial charge in [0.05, 0.1) is 5.54 Å². The Morgan fingerprint density at radius 1 is 0.528 bits per heavy atom. The van der Waals surface area contributed by atoms with Crippen LogP contribution in [0, 0.1) is 0 Å². The summed E-state index contributed by atoms with van der Waals surface area (Å²) in [4.78, 5) is 0. The van der Waals surface area contributed by atoms with Gasteiger partial charge in [-0.2, -0.15) is 0 Å². The van der Waals surface area contributed by atoms with E-state index in [1.54, 1.807) is 0 Å².